The molecule has 0 heterocycles. The smallest absolute Gasteiger partial charge is 0.311 e. The summed E-state index contributed by atoms with van der Waals surface area (Å²) in [4.78, 5) is 11.4. The molecular weight excluding hydrogens is 212 g/mol. The Labute approximate surface area is 103 Å². The van der Waals surface area contributed by atoms with Crippen LogP contribution in [0.4, 0.5) is 0 Å². The molecule has 17 heavy (non-hydrogen) atoms. The summed E-state index contributed by atoms with van der Waals surface area (Å²) in [6.07, 6.45) is 8.92. The topological polar surface area (TPSA) is 26.3 Å². The van der Waals surface area contributed by atoms with Gasteiger partial charge in [0, 0.05) is 6.42 Å². The number of para-hydroxylation sites is 1. The highest BCUT2D eigenvalue weighted by molar-refractivity contribution is 5.72. The standard InChI is InChI=1S/C15H20O2/c1-2-3-4-5-6-10-13-15(16)17-14-11-8-7-9-12-14/h5-9,11-12H,2-4,10,13H2,1H3/b6-5+. The number of carbonyl (C=O) groups excluding carboxylic acids is 1. The molecule has 2 heteroatoms. The molecule has 0 saturated carbocycles. The van der Waals surface area contributed by atoms with Crippen molar-refractivity contribution < 1.29 is 9.53 Å². The summed E-state index contributed by atoms with van der Waals surface area (Å²) in [5.41, 5.74) is 0. The van der Waals surface area contributed by atoms with Crippen molar-refractivity contribution in [1.29, 1.82) is 0 Å². The molecule has 0 aliphatic carbocycles. The third-order valence-corrected chi connectivity index (χ3v) is 2.38. The molecule has 0 aliphatic heterocycles. The molecule has 0 aliphatic rings. The minimum Gasteiger partial charge on any atom is -0.427 e. The van der Waals surface area contributed by atoms with E-state index in [1.54, 1.807) is 12.1 Å². The van der Waals surface area contributed by atoms with Gasteiger partial charge in [-0.3, -0.25) is 4.79 Å². The Morgan fingerprint density at radius 2 is 1.88 bits per heavy atom. The summed E-state index contributed by atoms with van der Waals surface area (Å²) in [6.45, 7) is 2.17. The van der Waals surface area contributed by atoms with Gasteiger partial charge in [0.25, 0.3) is 0 Å². The molecule has 0 bridgehead atoms. The number of hydrogen-bond acceptors (Lipinski definition) is 2. The first-order valence-electron chi connectivity index (χ1n) is 6.23. The summed E-state index contributed by atoms with van der Waals surface area (Å²) in [6, 6.07) is 9.18. The number of carbonyl (C=O) groups is 1. The van der Waals surface area contributed by atoms with Gasteiger partial charge >= 0.3 is 5.97 Å². The largest absolute Gasteiger partial charge is 0.427 e. The normalized spacial score (nSPS) is 10.6. The molecule has 0 unspecified atom stereocenters. The Bertz CT molecular complexity index is 341. The molecule has 1 rings (SSSR count). The quantitative estimate of drug-likeness (QED) is 0.306. The van der Waals surface area contributed by atoms with Gasteiger partial charge in [-0.25, -0.2) is 0 Å². The second-order valence-corrected chi connectivity index (χ2v) is 3.94. The fourth-order valence-electron chi connectivity index (χ4n) is 1.43. The fraction of sp³-hybridized carbons (Fsp3) is 0.400. The molecule has 2 nitrogen and oxygen atoms in total. The first-order valence-corrected chi connectivity index (χ1v) is 6.23. The lowest BCUT2D eigenvalue weighted by Gasteiger charge is -2.01. The number of rotatable bonds is 7. The van der Waals surface area contributed by atoms with Crippen molar-refractivity contribution in [1.82, 2.24) is 0 Å². The molecule has 0 N–H and O–H groups in total. The first-order chi connectivity index (χ1) is 8.33. The van der Waals surface area contributed by atoms with E-state index in [0.717, 1.165) is 12.8 Å². The zero-order chi connectivity index (χ0) is 12.3. The number of esters is 1. The number of benzene rings is 1. The molecule has 1 aromatic rings. The van der Waals surface area contributed by atoms with Gasteiger partial charge in [0.15, 0.2) is 0 Å². The molecule has 92 valence electrons. The number of ether oxygens (including phenoxy) is 1. The first kappa shape index (κ1) is 13.5. The van der Waals surface area contributed by atoms with E-state index < -0.39 is 0 Å². The van der Waals surface area contributed by atoms with E-state index in [0.29, 0.717) is 12.2 Å². The Balaban J connectivity index is 2.16. The van der Waals surface area contributed by atoms with Crippen molar-refractivity contribution in [2.75, 3.05) is 0 Å². The molecule has 0 amide bonds. The zero-order valence-corrected chi connectivity index (χ0v) is 10.4. The van der Waals surface area contributed by atoms with Crippen LogP contribution >= 0.6 is 0 Å². The Kier molecular flexibility index (Phi) is 6.80. The third-order valence-electron chi connectivity index (χ3n) is 2.38. The van der Waals surface area contributed by atoms with Crippen molar-refractivity contribution in [3.63, 3.8) is 0 Å². The van der Waals surface area contributed by atoms with Crippen LogP contribution in [0.2, 0.25) is 0 Å². The number of unbranched alkanes of at least 4 members (excludes halogenated alkanes) is 2. The Hall–Kier alpha value is -1.57. The fourth-order valence-corrected chi connectivity index (χ4v) is 1.43. The van der Waals surface area contributed by atoms with Gasteiger partial charge < -0.3 is 4.74 Å². The van der Waals surface area contributed by atoms with Crippen LogP contribution in [-0.2, 0) is 4.79 Å². The predicted octanol–water partition coefficient (Wildman–Crippen LogP) is 4.12. The van der Waals surface area contributed by atoms with E-state index in [2.05, 4.69) is 19.1 Å². The monoisotopic (exact) mass is 232 g/mol. The van der Waals surface area contributed by atoms with Gasteiger partial charge in [0.1, 0.15) is 5.75 Å². The van der Waals surface area contributed by atoms with Crippen molar-refractivity contribution >= 4 is 5.97 Å². The van der Waals surface area contributed by atoms with E-state index in [4.69, 9.17) is 4.74 Å². The van der Waals surface area contributed by atoms with Crippen molar-refractivity contribution in [3.05, 3.63) is 42.5 Å². The molecule has 0 spiro atoms. The van der Waals surface area contributed by atoms with Crippen LogP contribution in [0.15, 0.2) is 42.5 Å². The van der Waals surface area contributed by atoms with Crippen molar-refractivity contribution in [2.45, 2.75) is 39.0 Å². The molecule has 1 aromatic carbocycles. The second kappa shape index (κ2) is 8.57. The van der Waals surface area contributed by atoms with Gasteiger partial charge in [-0.15, -0.1) is 0 Å². The van der Waals surface area contributed by atoms with Gasteiger partial charge in [0.2, 0.25) is 0 Å². The average molecular weight is 232 g/mol. The van der Waals surface area contributed by atoms with E-state index in [-0.39, 0.29) is 5.97 Å². The van der Waals surface area contributed by atoms with E-state index in [9.17, 15) is 4.79 Å². The number of allylic oxidation sites excluding steroid dienone is 2. The predicted molar refractivity (Wildman–Crippen MR) is 70.0 cm³/mol. The van der Waals surface area contributed by atoms with Crippen LogP contribution in [0.3, 0.4) is 0 Å². The Morgan fingerprint density at radius 3 is 2.59 bits per heavy atom. The summed E-state index contributed by atoms with van der Waals surface area (Å²) >= 11 is 0. The average Bonchev–Trinajstić information content (AvgIpc) is 2.35. The molecule has 0 radical (unpaired) electrons. The minimum absolute atomic E-state index is 0.170. The third kappa shape index (κ3) is 6.56. The summed E-state index contributed by atoms with van der Waals surface area (Å²) in [5.74, 6) is 0.448. The SMILES string of the molecule is CCCC/C=C/CCC(=O)Oc1ccccc1. The highest BCUT2D eigenvalue weighted by Gasteiger charge is 2.02. The minimum atomic E-state index is -0.170. The van der Waals surface area contributed by atoms with Gasteiger partial charge in [-0.2, -0.15) is 0 Å². The van der Waals surface area contributed by atoms with Crippen LogP contribution in [-0.4, -0.2) is 5.97 Å². The lowest BCUT2D eigenvalue weighted by molar-refractivity contribution is -0.134. The summed E-state index contributed by atoms with van der Waals surface area (Å²) in [5, 5.41) is 0. The van der Waals surface area contributed by atoms with Gasteiger partial charge in [-0.05, 0) is 25.0 Å². The van der Waals surface area contributed by atoms with Crippen LogP contribution < -0.4 is 4.74 Å². The maximum atomic E-state index is 11.4. The molecule has 0 aromatic heterocycles. The maximum absolute atomic E-state index is 11.4. The van der Waals surface area contributed by atoms with E-state index in [1.165, 1.54) is 12.8 Å². The van der Waals surface area contributed by atoms with Crippen LogP contribution in [0.1, 0.15) is 39.0 Å². The van der Waals surface area contributed by atoms with Crippen LogP contribution in [0.25, 0.3) is 0 Å². The Morgan fingerprint density at radius 1 is 1.18 bits per heavy atom. The van der Waals surface area contributed by atoms with E-state index in [1.807, 2.05) is 18.2 Å². The molecule has 0 fully saturated rings. The summed E-state index contributed by atoms with van der Waals surface area (Å²) in [7, 11) is 0. The molecule has 0 saturated heterocycles. The lowest BCUT2D eigenvalue weighted by Crippen LogP contribution is -2.06. The highest BCUT2D eigenvalue weighted by Crippen LogP contribution is 2.09. The zero-order valence-electron chi connectivity index (χ0n) is 10.4. The molecule has 0 atom stereocenters. The van der Waals surface area contributed by atoms with Crippen LogP contribution in [0.5, 0.6) is 5.75 Å². The number of hydrogen-bond donors (Lipinski definition) is 0. The highest BCUT2D eigenvalue weighted by atomic mass is 16.5. The summed E-state index contributed by atoms with van der Waals surface area (Å²) < 4.78 is 5.17. The van der Waals surface area contributed by atoms with E-state index >= 15 is 0 Å². The van der Waals surface area contributed by atoms with Crippen LogP contribution in [0, 0.1) is 0 Å². The van der Waals surface area contributed by atoms with Gasteiger partial charge in [0.05, 0.1) is 0 Å². The lowest BCUT2D eigenvalue weighted by atomic mass is 10.2. The van der Waals surface area contributed by atoms with Gasteiger partial charge in [-0.1, -0.05) is 50.1 Å². The van der Waals surface area contributed by atoms with Crippen molar-refractivity contribution in [2.24, 2.45) is 0 Å². The second-order valence-electron chi connectivity index (χ2n) is 3.94. The maximum Gasteiger partial charge on any atom is 0.311 e. The van der Waals surface area contributed by atoms with Crippen molar-refractivity contribution in [3.8, 4) is 5.75 Å². The molecular formula is C15H20O2.